The molecular formula is C29H43N9O15P2. The Bertz CT molecular complexity index is 1890. The van der Waals surface area contributed by atoms with E-state index in [1.54, 1.807) is 0 Å². The molecule has 0 bridgehead atoms. The Labute approximate surface area is 312 Å². The minimum Gasteiger partial charge on any atom is -0.756 e. The number of hydrogen-bond donors (Lipinski definition) is 9. The fraction of sp³-hybridized carbons (Fsp3) is 0.586. The molecule has 55 heavy (non-hydrogen) atoms. The highest BCUT2D eigenvalue weighted by Crippen LogP contribution is 2.58. The first-order chi connectivity index (χ1) is 26.1. The maximum Gasteiger partial charge on any atom is 0.478 e. The van der Waals surface area contributed by atoms with Crippen LogP contribution in [-0.2, 0) is 36.8 Å². The number of nitrogens with zero attached hydrogens (tertiary/aromatic N) is 5. The monoisotopic (exact) mass is 819 g/mol. The van der Waals surface area contributed by atoms with Gasteiger partial charge in [0.25, 0.3) is 20.0 Å². The summed E-state index contributed by atoms with van der Waals surface area (Å²) in [5.74, 6) is -0.872. The maximum absolute atomic E-state index is 12.6. The second-order valence-corrected chi connectivity index (χ2v) is 15.5. The Morgan fingerprint density at radius 3 is 2.44 bits per heavy atom. The van der Waals surface area contributed by atoms with Gasteiger partial charge in [-0.25, -0.2) is 23.8 Å². The topological polar surface area (TPSA) is 362 Å². The van der Waals surface area contributed by atoms with Crippen molar-refractivity contribution in [1.82, 2.24) is 24.8 Å². The number of primary amides is 1. The minimum atomic E-state index is -5.66. The SMILES string of the molecule is NCCCCCCNC(=O)CNc1ncnc2c1ncn2[C@@H]1O[C@H](COP(=O)(O)OP(=O)([O-])OC[C@H]2O[C@@H]([n+]3cccc(C(N)=O)c3)[C@H](O)[C@@H]2O)[C@@H](O)[C@H]1O. The van der Waals surface area contributed by atoms with Crippen molar-refractivity contribution in [1.29, 1.82) is 0 Å². The number of aromatic nitrogens is 5. The molecule has 3 aromatic heterocycles. The number of unbranched alkanes of at least 4 members (excludes halogenated alkanes) is 3. The van der Waals surface area contributed by atoms with Crippen molar-refractivity contribution >= 4 is 44.4 Å². The van der Waals surface area contributed by atoms with E-state index < -0.39 is 83.8 Å². The number of ether oxygens (including phenoxy) is 2. The lowest BCUT2D eigenvalue weighted by molar-refractivity contribution is -0.765. The van der Waals surface area contributed by atoms with Gasteiger partial charge in [0, 0.05) is 12.6 Å². The zero-order valence-corrected chi connectivity index (χ0v) is 30.8. The van der Waals surface area contributed by atoms with Gasteiger partial charge in [-0.1, -0.05) is 12.8 Å². The number of imidazole rings is 1. The average Bonchev–Trinajstić information content (AvgIpc) is 3.79. The van der Waals surface area contributed by atoms with E-state index in [4.69, 9.17) is 25.5 Å². The first-order valence-electron chi connectivity index (χ1n) is 17.0. The van der Waals surface area contributed by atoms with Gasteiger partial charge in [0.2, 0.25) is 5.91 Å². The number of nitrogens with two attached hydrogens (primary N) is 2. The number of pyridine rings is 1. The first kappa shape index (κ1) is 42.6. The van der Waals surface area contributed by atoms with E-state index in [0.29, 0.717) is 13.1 Å². The Hall–Kier alpha value is -3.58. The van der Waals surface area contributed by atoms with E-state index in [1.165, 1.54) is 46.3 Å². The van der Waals surface area contributed by atoms with Gasteiger partial charge < -0.3 is 66.3 Å². The number of hydrogen-bond acceptors (Lipinski definition) is 19. The second-order valence-electron chi connectivity index (χ2n) is 12.5. The molecule has 5 rings (SSSR count). The van der Waals surface area contributed by atoms with Crippen molar-refractivity contribution in [3.8, 4) is 0 Å². The maximum atomic E-state index is 12.6. The number of aliphatic hydroxyl groups excluding tert-OH is 4. The number of fused-ring (bicyclic) bond motifs is 1. The molecule has 0 radical (unpaired) electrons. The number of amides is 2. The molecule has 0 aliphatic carbocycles. The van der Waals surface area contributed by atoms with Crippen LogP contribution in [0.2, 0.25) is 0 Å². The van der Waals surface area contributed by atoms with Crippen LogP contribution in [0.3, 0.4) is 0 Å². The molecule has 2 fully saturated rings. The van der Waals surface area contributed by atoms with E-state index >= 15 is 0 Å². The Kier molecular flexibility index (Phi) is 14.4. The molecule has 304 valence electrons. The van der Waals surface area contributed by atoms with E-state index in [-0.39, 0.29) is 35.0 Å². The number of carbonyl (C=O) groups excluding carboxylic acids is 2. The largest absolute Gasteiger partial charge is 0.756 e. The van der Waals surface area contributed by atoms with Crippen LogP contribution in [0.15, 0.2) is 37.2 Å². The summed E-state index contributed by atoms with van der Waals surface area (Å²) in [6.45, 7) is -0.945. The summed E-state index contributed by atoms with van der Waals surface area (Å²) in [7, 11) is -11.2. The van der Waals surface area contributed by atoms with Gasteiger partial charge in [-0.3, -0.25) is 23.2 Å². The smallest absolute Gasteiger partial charge is 0.478 e. The molecule has 0 aromatic carbocycles. The van der Waals surface area contributed by atoms with E-state index in [1.807, 2.05) is 0 Å². The molecule has 2 saturated heterocycles. The lowest BCUT2D eigenvalue weighted by Crippen LogP contribution is -2.46. The van der Waals surface area contributed by atoms with Crippen LogP contribution in [0.1, 0.15) is 48.5 Å². The van der Waals surface area contributed by atoms with Crippen LogP contribution in [-0.4, -0.2) is 126 Å². The van der Waals surface area contributed by atoms with Gasteiger partial charge in [0.05, 0.1) is 26.1 Å². The molecule has 26 heteroatoms. The molecule has 2 aliphatic rings. The Morgan fingerprint density at radius 2 is 1.69 bits per heavy atom. The summed E-state index contributed by atoms with van der Waals surface area (Å²) in [5.41, 5.74) is 11.1. The quantitative estimate of drug-likeness (QED) is 0.0308. The van der Waals surface area contributed by atoms with Crippen molar-refractivity contribution < 1.29 is 76.3 Å². The third-order valence-corrected chi connectivity index (χ3v) is 11.1. The highest BCUT2D eigenvalue weighted by molar-refractivity contribution is 7.60. The normalized spacial score (nSPS) is 27.5. The predicted octanol–water partition coefficient (Wildman–Crippen LogP) is -3.18. The van der Waals surface area contributed by atoms with E-state index in [9.17, 15) is 48.9 Å². The zero-order chi connectivity index (χ0) is 39.9. The molecule has 2 amide bonds. The number of nitrogens with one attached hydrogen (secondary N) is 2. The van der Waals surface area contributed by atoms with Gasteiger partial charge in [-0.2, -0.15) is 4.57 Å². The van der Waals surface area contributed by atoms with Crippen LogP contribution in [0.5, 0.6) is 0 Å². The van der Waals surface area contributed by atoms with Crippen LogP contribution in [0.4, 0.5) is 5.82 Å². The average molecular weight is 820 g/mol. The molecule has 10 atom stereocenters. The fourth-order valence-electron chi connectivity index (χ4n) is 5.76. The number of carbonyl (C=O) groups is 2. The lowest BCUT2D eigenvalue weighted by atomic mass is 10.1. The second kappa shape index (κ2) is 18.6. The van der Waals surface area contributed by atoms with E-state index in [0.717, 1.165) is 25.7 Å². The fourth-order valence-corrected chi connectivity index (χ4v) is 7.81. The molecule has 2 unspecified atom stereocenters. The van der Waals surface area contributed by atoms with Gasteiger partial charge in [0.1, 0.15) is 42.4 Å². The third-order valence-electron chi connectivity index (χ3n) is 8.58. The summed E-state index contributed by atoms with van der Waals surface area (Å²) >= 11 is 0. The van der Waals surface area contributed by atoms with Crippen LogP contribution in [0.25, 0.3) is 11.2 Å². The lowest BCUT2D eigenvalue weighted by Gasteiger charge is -2.26. The van der Waals surface area contributed by atoms with Gasteiger partial charge in [0.15, 0.2) is 41.7 Å². The standard InChI is InChI=1S/C29H43N9O15P2/c30-7-3-1-2-4-8-32-19(39)10-33-26-20-27(35-14-34-26)38(15-36-20)29-24(43)22(41)18(52-29)13-50-55(47,48)53-54(45,46)49-12-17-21(40)23(42)28(51-17)37-9-5-6-16(11-37)25(31)44/h5-6,9,11,14-15,17-18,21-24,28-29,40-43H,1-4,7-8,10,12-13,30H2,(H5-,31,32,33,34,35,39,44,45,46,47,48)/t17-,18-,21-,22-,23-,24-,28-,29-/m1/s1. The number of phosphoric acid groups is 2. The molecule has 11 N–H and O–H groups in total. The molecule has 24 nitrogen and oxygen atoms in total. The van der Waals surface area contributed by atoms with Crippen molar-refractivity contribution in [3.63, 3.8) is 0 Å². The number of aliphatic hydroxyl groups is 4. The predicted molar refractivity (Wildman–Crippen MR) is 182 cm³/mol. The summed E-state index contributed by atoms with van der Waals surface area (Å²) in [4.78, 5) is 58.9. The van der Waals surface area contributed by atoms with Crippen LogP contribution < -0.4 is 31.6 Å². The highest BCUT2D eigenvalue weighted by Gasteiger charge is 2.49. The number of rotatable bonds is 20. The molecule has 5 heterocycles. The molecule has 3 aromatic rings. The van der Waals surface area contributed by atoms with Gasteiger partial charge in [-0.15, -0.1) is 0 Å². The first-order valence-corrected chi connectivity index (χ1v) is 19.9. The summed E-state index contributed by atoms with van der Waals surface area (Å²) in [6.07, 6.45) is -3.68. The van der Waals surface area contributed by atoms with Crippen LogP contribution >= 0.6 is 15.6 Å². The number of phosphoric ester groups is 2. The van der Waals surface area contributed by atoms with Crippen LogP contribution in [0, 0.1) is 0 Å². The molecular weight excluding hydrogens is 776 g/mol. The highest BCUT2D eigenvalue weighted by atomic mass is 31.3. The number of anilines is 1. The van der Waals surface area contributed by atoms with Gasteiger partial charge in [-0.05, 0) is 25.5 Å². The summed E-state index contributed by atoms with van der Waals surface area (Å²) in [5, 5.41) is 47.9. The minimum absolute atomic E-state index is 0.0514. The third kappa shape index (κ3) is 10.8. The zero-order valence-electron chi connectivity index (χ0n) is 29.1. The summed E-state index contributed by atoms with van der Waals surface area (Å²) < 4.78 is 52.2. The van der Waals surface area contributed by atoms with Gasteiger partial charge >= 0.3 is 7.82 Å². The van der Waals surface area contributed by atoms with Crippen molar-refractivity contribution in [2.45, 2.75) is 74.8 Å². The summed E-state index contributed by atoms with van der Waals surface area (Å²) in [6, 6.07) is 2.81. The molecule has 0 spiro atoms. The van der Waals surface area contributed by atoms with Crippen molar-refractivity contribution in [3.05, 3.63) is 42.7 Å². The molecule has 0 saturated carbocycles. The Morgan fingerprint density at radius 1 is 0.982 bits per heavy atom. The van der Waals surface area contributed by atoms with E-state index in [2.05, 4.69) is 34.4 Å². The molecule has 2 aliphatic heterocycles. The Balaban J connectivity index is 1.12. The van der Waals surface area contributed by atoms with Crippen molar-refractivity contribution in [2.75, 3.05) is 38.2 Å². The van der Waals surface area contributed by atoms with Crippen molar-refractivity contribution in [2.24, 2.45) is 11.5 Å².